The largest absolute Gasteiger partial charge is 0.311 e. The monoisotopic (exact) mass is 209 g/mol. The fourth-order valence-electron chi connectivity index (χ4n) is 1.02. The van der Waals surface area contributed by atoms with Crippen LogP contribution in [0.25, 0.3) is 10.7 Å². The first-order valence-corrected chi connectivity index (χ1v) is 5.13. The maximum absolute atomic E-state index is 4.10. The van der Waals surface area contributed by atoms with Gasteiger partial charge in [0.05, 0.1) is 11.7 Å². The van der Waals surface area contributed by atoms with E-state index in [0.29, 0.717) is 0 Å². The Kier molecular flexibility index (Phi) is 2.55. The topological polar surface area (TPSA) is 66.5 Å². The molecule has 0 radical (unpaired) electrons. The van der Waals surface area contributed by atoms with Crippen molar-refractivity contribution in [2.75, 3.05) is 7.05 Å². The van der Waals surface area contributed by atoms with Gasteiger partial charge in [0.25, 0.3) is 0 Å². The Morgan fingerprint density at radius 1 is 1.50 bits per heavy atom. The van der Waals surface area contributed by atoms with E-state index >= 15 is 0 Å². The number of hydrogen-bond acceptors (Lipinski definition) is 5. The van der Waals surface area contributed by atoms with Crippen LogP contribution < -0.4 is 5.32 Å². The molecule has 0 saturated heterocycles. The van der Waals surface area contributed by atoms with Gasteiger partial charge in [-0.3, -0.25) is 5.10 Å². The first-order chi connectivity index (χ1) is 6.81. The quantitative estimate of drug-likeness (QED) is 0.797. The van der Waals surface area contributed by atoms with Crippen molar-refractivity contribution in [3.63, 3.8) is 0 Å². The van der Waals surface area contributed by atoms with Crippen molar-refractivity contribution in [2.24, 2.45) is 0 Å². The molecule has 0 aliphatic carbocycles. The van der Waals surface area contributed by atoms with Crippen molar-refractivity contribution in [1.29, 1.82) is 0 Å². The highest BCUT2D eigenvalue weighted by atomic mass is 32.1. The Morgan fingerprint density at radius 2 is 2.36 bits per heavy atom. The van der Waals surface area contributed by atoms with Crippen molar-refractivity contribution in [1.82, 2.24) is 25.7 Å². The summed E-state index contributed by atoms with van der Waals surface area (Å²) in [7, 11) is 1.90. The van der Waals surface area contributed by atoms with Gasteiger partial charge in [0.1, 0.15) is 5.01 Å². The third-order valence-electron chi connectivity index (χ3n) is 1.98. The van der Waals surface area contributed by atoms with Gasteiger partial charge in [-0.2, -0.15) is 5.10 Å². The minimum Gasteiger partial charge on any atom is -0.311 e. The highest BCUT2D eigenvalue weighted by Gasteiger charge is 2.11. The normalized spacial score (nSPS) is 13.0. The maximum Gasteiger partial charge on any atom is 0.165 e. The second kappa shape index (κ2) is 3.85. The van der Waals surface area contributed by atoms with Gasteiger partial charge in [0.15, 0.2) is 5.01 Å². The number of aromatic nitrogens is 4. The summed E-state index contributed by atoms with van der Waals surface area (Å²) in [5.41, 5.74) is 0.914. The maximum atomic E-state index is 4.10. The Labute approximate surface area is 85.6 Å². The SMILES string of the molecule is CNC(C)c1nnc(-c2ccn[nH]2)s1. The minimum absolute atomic E-state index is 0.240. The second-order valence-electron chi connectivity index (χ2n) is 2.93. The average molecular weight is 209 g/mol. The van der Waals surface area contributed by atoms with E-state index in [1.54, 1.807) is 17.5 Å². The van der Waals surface area contributed by atoms with Crippen LogP contribution in [0.5, 0.6) is 0 Å². The first kappa shape index (κ1) is 9.29. The van der Waals surface area contributed by atoms with Crippen LogP contribution in [0.3, 0.4) is 0 Å². The number of aromatic amines is 1. The zero-order valence-electron chi connectivity index (χ0n) is 7.98. The number of hydrogen-bond donors (Lipinski definition) is 2. The third-order valence-corrected chi connectivity index (χ3v) is 3.11. The molecule has 2 aromatic rings. The van der Waals surface area contributed by atoms with Crippen LogP contribution >= 0.6 is 11.3 Å². The molecule has 5 nitrogen and oxygen atoms in total. The summed E-state index contributed by atoms with van der Waals surface area (Å²) >= 11 is 1.57. The van der Waals surface area contributed by atoms with Crippen molar-refractivity contribution >= 4 is 11.3 Å². The molecule has 0 amide bonds. The lowest BCUT2D eigenvalue weighted by Gasteiger charge is -2.02. The van der Waals surface area contributed by atoms with E-state index < -0.39 is 0 Å². The Hall–Kier alpha value is -1.27. The fraction of sp³-hybridized carbons (Fsp3) is 0.375. The Balaban J connectivity index is 2.26. The number of nitrogens with zero attached hydrogens (tertiary/aromatic N) is 3. The molecule has 0 saturated carbocycles. The van der Waals surface area contributed by atoms with Crippen molar-refractivity contribution < 1.29 is 0 Å². The number of rotatable bonds is 3. The molecule has 0 aliphatic rings. The van der Waals surface area contributed by atoms with Gasteiger partial charge in [-0.25, -0.2) is 0 Å². The van der Waals surface area contributed by atoms with Gasteiger partial charge in [0.2, 0.25) is 0 Å². The predicted octanol–water partition coefficient (Wildman–Crippen LogP) is 1.21. The molecule has 0 aliphatic heterocycles. The molecule has 2 rings (SSSR count). The summed E-state index contributed by atoms with van der Waals surface area (Å²) in [6.45, 7) is 2.05. The van der Waals surface area contributed by atoms with E-state index in [0.717, 1.165) is 15.7 Å². The fourth-order valence-corrected chi connectivity index (χ4v) is 1.90. The molecule has 14 heavy (non-hydrogen) atoms. The molecular formula is C8H11N5S. The third kappa shape index (κ3) is 1.66. The van der Waals surface area contributed by atoms with Gasteiger partial charge in [-0.1, -0.05) is 11.3 Å². The lowest BCUT2D eigenvalue weighted by Crippen LogP contribution is -2.11. The first-order valence-electron chi connectivity index (χ1n) is 4.31. The lowest BCUT2D eigenvalue weighted by atomic mass is 10.4. The number of nitrogens with one attached hydrogen (secondary N) is 2. The average Bonchev–Trinajstić information content (AvgIpc) is 2.86. The van der Waals surface area contributed by atoms with E-state index in [-0.39, 0.29) is 6.04 Å². The molecule has 74 valence electrons. The predicted molar refractivity (Wildman–Crippen MR) is 55.0 cm³/mol. The van der Waals surface area contributed by atoms with Crippen LogP contribution in [0.4, 0.5) is 0 Å². The zero-order chi connectivity index (χ0) is 9.97. The smallest absolute Gasteiger partial charge is 0.165 e. The summed E-state index contributed by atoms with van der Waals surface area (Å²) in [5.74, 6) is 0. The number of H-pyrrole nitrogens is 1. The summed E-state index contributed by atoms with van der Waals surface area (Å²) < 4.78 is 0. The Bertz CT molecular complexity index is 394. The highest BCUT2D eigenvalue weighted by molar-refractivity contribution is 7.14. The van der Waals surface area contributed by atoms with Crippen molar-refractivity contribution in [3.05, 3.63) is 17.3 Å². The van der Waals surface area contributed by atoms with E-state index in [2.05, 4.69) is 32.6 Å². The van der Waals surface area contributed by atoms with Crippen LogP contribution in [0.15, 0.2) is 12.3 Å². The molecule has 0 fully saturated rings. The molecule has 6 heteroatoms. The summed E-state index contributed by atoms with van der Waals surface area (Å²) in [4.78, 5) is 0. The van der Waals surface area contributed by atoms with Crippen LogP contribution in [-0.2, 0) is 0 Å². The Morgan fingerprint density at radius 3 is 3.00 bits per heavy atom. The summed E-state index contributed by atoms with van der Waals surface area (Å²) in [6.07, 6.45) is 1.71. The molecule has 0 aromatic carbocycles. The van der Waals surface area contributed by atoms with Gasteiger partial charge in [-0.05, 0) is 20.0 Å². The molecule has 2 aromatic heterocycles. The molecule has 1 atom stereocenters. The highest BCUT2D eigenvalue weighted by Crippen LogP contribution is 2.24. The van der Waals surface area contributed by atoms with Gasteiger partial charge >= 0.3 is 0 Å². The summed E-state index contributed by atoms with van der Waals surface area (Å²) in [5, 5.41) is 19.9. The van der Waals surface area contributed by atoms with Crippen molar-refractivity contribution in [2.45, 2.75) is 13.0 Å². The molecule has 2 heterocycles. The van der Waals surface area contributed by atoms with E-state index in [4.69, 9.17) is 0 Å². The van der Waals surface area contributed by atoms with Crippen LogP contribution in [0.2, 0.25) is 0 Å². The second-order valence-corrected chi connectivity index (χ2v) is 3.94. The van der Waals surface area contributed by atoms with E-state index in [1.165, 1.54) is 0 Å². The van der Waals surface area contributed by atoms with Crippen LogP contribution in [0.1, 0.15) is 18.0 Å². The zero-order valence-corrected chi connectivity index (χ0v) is 8.80. The minimum atomic E-state index is 0.240. The van der Waals surface area contributed by atoms with Gasteiger partial charge in [0, 0.05) is 6.20 Å². The van der Waals surface area contributed by atoms with Gasteiger partial charge < -0.3 is 5.32 Å². The summed E-state index contributed by atoms with van der Waals surface area (Å²) in [6, 6.07) is 2.12. The molecule has 1 unspecified atom stereocenters. The van der Waals surface area contributed by atoms with E-state index in [1.807, 2.05) is 13.1 Å². The molecule has 2 N–H and O–H groups in total. The lowest BCUT2D eigenvalue weighted by molar-refractivity contribution is 0.640. The molecular weight excluding hydrogens is 198 g/mol. The standard InChI is InChI=1S/C8H11N5S/c1-5(9-2)7-12-13-8(14-7)6-3-4-10-11-6/h3-5,9H,1-2H3,(H,10,11). The molecule has 0 bridgehead atoms. The van der Waals surface area contributed by atoms with Gasteiger partial charge in [-0.15, -0.1) is 10.2 Å². The van der Waals surface area contributed by atoms with Crippen LogP contribution in [-0.4, -0.2) is 27.4 Å². The van der Waals surface area contributed by atoms with E-state index in [9.17, 15) is 0 Å². The van der Waals surface area contributed by atoms with Crippen molar-refractivity contribution in [3.8, 4) is 10.7 Å². The van der Waals surface area contributed by atoms with Crippen LogP contribution in [0, 0.1) is 0 Å². The molecule has 0 spiro atoms.